The second kappa shape index (κ2) is 10.6. The van der Waals surface area contributed by atoms with Gasteiger partial charge >= 0.3 is 12.6 Å². The highest BCUT2D eigenvalue weighted by atomic mass is 19.3. The van der Waals surface area contributed by atoms with Crippen molar-refractivity contribution in [1.82, 2.24) is 5.32 Å². The van der Waals surface area contributed by atoms with E-state index < -0.39 is 37.5 Å². The Kier molecular flexibility index (Phi) is 7.89. The number of hydrogen-bond donors (Lipinski definition) is 2. The Morgan fingerprint density at radius 1 is 1.07 bits per heavy atom. The van der Waals surface area contributed by atoms with Crippen molar-refractivity contribution in [2.24, 2.45) is 0 Å². The summed E-state index contributed by atoms with van der Waals surface area (Å²) >= 11 is 0. The van der Waals surface area contributed by atoms with Gasteiger partial charge < -0.3 is 24.8 Å². The van der Waals surface area contributed by atoms with E-state index in [1.807, 2.05) is 0 Å². The lowest BCUT2D eigenvalue weighted by atomic mass is 10.2. The molecule has 0 saturated heterocycles. The van der Waals surface area contributed by atoms with Crippen LogP contribution in [0.2, 0.25) is 0 Å². The molecule has 2 rings (SSSR count). The molecule has 0 spiro atoms. The highest BCUT2D eigenvalue weighted by Crippen LogP contribution is 2.25. The Morgan fingerprint density at radius 3 is 2.55 bits per heavy atom. The molecule has 0 radical (unpaired) electrons. The van der Waals surface area contributed by atoms with E-state index in [0.717, 1.165) is 0 Å². The zero-order valence-corrected chi connectivity index (χ0v) is 15.3. The second-order valence-electron chi connectivity index (χ2n) is 5.50. The standard InChI is InChI=1S/C19H18F2N2O6/c1-27-13-6-4-5-12(9-13)18(26)22-10-17(25)28-11-16(24)23-14-7-2-3-8-15(14)29-19(20)21/h2-9,19H,10-11H2,1H3,(H,22,26)(H,23,24). The van der Waals surface area contributed by atoms with Crippen LogP contribution in [0.3, 0.4) is 0 Å². The zero-order valence-electron chi connectivity index (χ0n) is 15.3. The summed E-state index contributed by atoms with van der Waals surface area (Å²) in [4.78, 5) is 35.6. The number of carbonyl (C=O) groups is 3. The number of para-hydroxylation sites is 2. The predicted molar refractivity (Wildman–Crippen MR) is 98.0 cm³/mol. The minimum atomic E-state index is -3.06. The molecule has 29 heavy (non-hydrogen) atoms. The van der Waals surface area contributed by atoms with Gasteiger partial charge in [0.15, 0.2) is 6.61 Å². The van der Waals surface area contributed by atoms with Gasteiger partial charge in [-0.3, -0.25) is 14.4 Å². The highest BCUT2D eigenvalue weighted by molar-refractivity contribution is 5.97. The molecule has 0 unspecified atom stereocenters. The van der Waals surface area contributed by atoms with Gasteiger partial charge in [-0.25, -0.2) is 0 Å². The Bertz CT molecular complexity index is 875. The van der Waals surface area contributed by atoms with E-state index >= 15 is 0 Å². The molecule has 0 atom stereocenters. The van der Waals surface area contributed by atoms with Crippen LogP contribution < -0.4 is 20.1 Å². The minimum Gasteiger partial charge on any atom is -0.497 e. The van der Waals surface area contributed by atoms with Crippen molar-refractivity contribution < 1.29 is 37.4 Å². The molecule has 0 saturated carbocycles. The average molecular weight is 408 g/mol. The van der Waals surface area contributed by atoms with Crippen LogP contribution >= 0.6 is 0 Å². The molecule has 0 aliphatic carbocycles. The summed E-state index contributed by atoms with van der Waals surface area (Å²) in [6.45, 7) is -4.19. The number of hydrogen-bond acceptors (Lipinski definition) is 6. The number of amides is 2. The molecular weight excluding hydrogens is 390 g/mol. The third-order valence-corrected chi connectivity index (χ3v) is 3.47. The molecule has 2 aromatic carbocycles. The molecule has 0 aromatic heterocycles. The maximum Gasteiger partial charge on any atom is 0.387 e. The number of rotatable bonds is 9. The van der Waals surface area contributed by atoms with Gasteiger partial charge in [0.2, 0.25) is 0 Å². The van der Waals surface area contributed by atoms with Crippen LogP contribution in [0.15, 0.2) is 48.5 Å². The first kappa shape index (κ1) is 21.6. The molecule has 154 valence electrons. The summed E-state index contributed by atoms with van der Waals surface area (Å²) in [5.74, 6) is -1.89. The van der Waals surface area contributed by atoms with Crippen molar-refractivity contribution in [3.63, 3.8) is 0 Å². The first-order valence-corrected chi connectivity index (χ1v) is 8.30. The third kappa shape index (κ3) is 7.09. The number of carbonyl (C=O) groups excluding carboxylic acids is 3. The lowest BCUT2D eigenvalue weighted by Gasteiger charge is -2.12. The Balaban J connectivity index is 1.79. The molecule has 10 heteroatoms. The van der Waals surface area contributed by atoms with Crippen LogP contribution in [0, 0.1) is 0 Å². The number of anilines is 1. The normalized spacial score (nSPS) is 10.2. The van der Waals surface area contributed by atoms with Crippen LogP contribution in [0.1, 0.15) is 10.4 Å². The number of esters is 1. The quantitative estimate of drug-likeness (QED) is 0.617. The molecule has 8 nitrogen and oxygen atoms in total. The van der Waals surface area contributed by atoms with E-state index in [9.17, 15) is 23.2 Å². The Labute approximate surface area is 164 Å². The predicted octanol–water partition coefficient (Wildman–Crippen LogP) is 2.21. The molecule has 0 heterocycles. The largest absolute Gasteiger partial charge is 0.497 e. The fourth-order valence-corrected chi connectivity index (χ4v) is 2.17. The van der Waals surface area contributed by atoms with Gasteiger partial charge in [-0.15, -0.1) is 0 Å². The van der Waals surface area contributed by atoms with Crippen molar-refractivity contribution in [1.29, 1.82) is 0 Å². The van der Waals surface area contributed by atoms with E-state index in [4.69, 9.17) is 9.47 Å². The molecule has 2 N–H and O–H groups in total. The highest BCUT2D eigenvalue weighted by Gasteiger charge is 2.14. The van der Waals surface area contributed by atoms with Gasteiger partial charge in [-0.05, 0) is 30.3 Å². The number of ether oxygens (including phenoxy) is 3. The van der Waals surface area contributed by atoms with E-state index in [-0.39, 0.29) is 17.0 Å². The van der Waals surface area contributed by atoms with Gasteiger partial charge in [-0.1, -0.05) is 18.2 Å². The minimum absolute atomic E-state index is 0.000164. The zero-order chi connectivity index (χ0) is 21.2. The number of nitrogens with one attached hydrogen (secondary N) is 2. The molecule has 0 bridgehead atoms. The lowest BCUT2D eigenvalue weighted by molar-refractivity contribution is -0.146. The number of halogens is 2. The SMILES string of the molecule is COc1cccc(C(=O)NCC(=O)OCC(=O)Nc2ccccc2OC(F)F)c1. The second-order valence-corrected chi connectivity index (χ2v) is 5.50. The van der Waals surface area contributed by atoms with Crippen LogP contribution in [-0.2, 0) is 14.3 Å². The van der Waals surface area contributed by atoms with Crippen LogP contribution in [-0.4, -0.2) is 44.7 Å². The first-order valence-electron chi connectivity index (χ1n) is 8.30. The van der Waals surface area contributed by atoms with Crippen molar-refractivity contribution in [2.45, 2.75) is 6.61 Å². The van der Waals surface area contributed by atoms with Crippen molar-refractivity contribution >= 4 is 23.5 Å². The summed E-state index contributed by atoms with van der Waals surface area (Å²) < 4.78 is 38.8. The third-order valence-electron chi connectivity index (χ3n) is 3.47. The van der Waals surface area contributed by atoms with Crippen LogP contribution in [0.25, 0.3) is 0 Å². The monoisotopic (exact) mass is 408 g/mol. The molecule has 2 amide bonds. The van der Waals surface area contributed by atoms with Crippen LogP contribution in [0.4, 0.5) is 14.5 Å². The summed E-state index contributed by atoms with van der Waals surface area (Å²) in [5, 5.41) is 4.65. The molecule has 0 fully saturated rings. The van der Waals surface area contributed by atoms with Gasteiger partial charge in [-0.2, -0.15) is 8.78 Å². The fraction of sp³-hybridized carbons (Fsp3) is 0.211. The number of alkyl halides is 2. The molecule has 2 aromatic rings. The summed E-state index contributed by atoms with van der Waals surface area (Å²) in [5.41, 5.74) is 0.283. The maximum atomic E-state index is 12.4. The van der Waals surface area contributed by atoms with Crippen LogP contribution in [0.5, 0.6) is 11.5 Å². The number of methoxy groups -OCH3 is 1. The van der Waals surface area contributed by atoms with Crippen molar-refractivity contribution in [2.75, 3.05) is 25.6 Å². The van der Waals surface area contributed by atoms with E-state index in [1.165, 1.54) is 43.5 Å². The topological polar surface area (TPSA) is 103 Å². The smallest absolute Gasteiger partial charge is 0.387 e. The summed E-state index contributed by atoms with van der Waals surface area (Å²) in [6, 6.07) is 11.9. The van der Waals surface area contributed by atoms with E-state index in [2.05, 4.69) is 15.4 Å². The average Bonchev–Trinajstić information content (AvgIpc) is 2.71. The van der Waals surface area contributed by atoms with Gasteiger partial charge in [0.1, 0.15) is 18.0 Å². The van der Waals surface area contributed by atoms with Gasteiger partial charge in [0.05, 0.1) is 12.8 Å². The van der Waals surface area contributed by atoms with Gasteiger partial charge in [0.25, 0.3) is 11.8 Å². The summed E-state index contributed by atoms with van der Waals surface area (Å²) in [6.07, 6.45) is 0. The Hall–Kier alpha value is -3.69. The summed E-state index contributed by atoms with van der Waals surface area (Å²) in [7, 11) is 1.46. The molecule has 0 aliphatic rings. The molecule has 0 aliphatic heterocycles. The van der Waals surface area contributed by atoms with Gasteiger partial charge in [0, 0.05) is 5.56 Å². The molecular formula is C19H18F2N2O6. The first-order chi connectivity index (χ1) is 13.9. The van der Waals surface area contributed by atoms with E-state index in [1.54, 1.807) is 12.1 Å². The van der Waals surface area contributed by atoms with E-state index in [0.29, 0.717) is 5.75 Å². The number of benzene rings is 2. The Morgan fingerprint density at radius 2 is 1.83 bits per heavy atom. The maximum absolute atomic E-state index is 12.4. The van der Waals surface area contributed by atoms with Crippen molar-refractivity contribution in [3.8, 4) is 11.5 Å². The fourth-order valence-electron chi connectivity index (χ4n) is 2.17. The lowest BCUT2D eigenvalue weighted by Crippen LogP contribution is -2.32. The van der Waals surface area contributed by atoms with Crippen molar-refractivity contribution in [3.05, 3.63) is 54.1 Å².